The SMILES string of the molecule is CCC(C)Nc1c(C(=O)O)cnc2ccccc12. The summed E-state index contributed by atoms with van der Waals surface area (Å²) in [7, 11) is 0. The Hall–Kier alpha value is -2.10. The number of pyridine rings is 1. The second-order valence-electron chi connectivity index (χ2n) is 4.32. The summed E-state index contributed by atoms with van der Waals surface area (Å²) in [5, 5.41) is 13.3. The number of fused-ring (bicyclic) bond motifs is 1. The topological polar surface area (TPSA) is 62.2 Å². The summed E-state index contributed by atoms with van der Waals surface area (Å²) in [6, 6.07) is 7.76. The number of hydrogen-bond donors (Lipinski definition) is 2. The molecule has 2 rings (SSSR count). The van der Waals surface area contributed by atoms with Crippen LogP contribution >= 0.6 is 0 Å². The Balaban J connectivity index is 2.62. The number of benzene rings is 1. The van der Waals surface area contributed by atoms with Gasteiger partial charge in [-0.1, -0.05) is 25.1 Å². The van der Waals surface area contributed by atoms with Crippen molar-refractivity contribution in [2.24, 2.45) is 0 Å². The first-order chi connectivity index (χ1) is 8.63. The number of nitrogens with one attached hydrogen (secondary N) is 1. The zero-order valence-corrected chi connectivity index (χ0v) is 10.5. The van der Waals surface area contributed by atoms with Crippen molar-refractivity contribution in [1.29, 1.82) is 0 Å². The number of hydrogen-bond acceptors (Lipinski definition) is 3. The van der Waals surface area contributed by atoms with Gasteiger partial charge in [0.25, 0.3) is 0 Å². The molecule has 0 bridgehead atoms. The van der Waals surface area contributed by atoms with Gasteiger partial charge >= 0.3 is 5.97 Å². The van der Waals surface area contributed by atoms with Gasteiger partial charge < -0.3 is 10.4 Å². The summed E-state index contributed by atoms with van der Waals surface area (Å²) in [5.74, 6) is -0.959. The maximum atomic E-state index is 11.3. The molecule has 2 N–H and O–H groups in total. The molecule has 0 aliphatic heterocycles. The summed E-state index contributed by atoms with van der Waals surface area (Å²) < 4.78 is 0. The second-order valence-corrected chi connectivity index (χ2v) is 4.32. The van der Waals surface area contributed by atoms with Gasteiger partial charge in [0.2, 0.25) is 0 Å². The van der Waals surface area contributed by atoms with Gasteiger partial charge in [-0.25, -0.2) is 4.79 Å². The van der Waals surface area contributed by atoms with E-state index in [2.05, 4.69) is 17.2 Å². The van der Waals surface area contributed by atoms with E-state index in [-0.39, 0.29) is 11.6 Å². The number of aromatic carboxylic acids is 1. The molecule has 0 saturated heterocycles. The van der Waals surface area contributed by atoms with Crippen molar-refractivity contribution in [3.05, 3.63) is 36.0 Å². The van der Waals surface area contributed by atoms with Crippen LogP contribution in [0, 0.1) is 0 Å². The number of aromatic nitrogens is 1. The molecule has 1 unspecified atom stereocenters. The fraction of sp³-hybridized carbons (Fsp3) is 0.286. The third-order valence-corrected chi connectivity index (χ3v) is 3.01. The maximum Gasteiger partial charge on any atom is 0.339 e. The van der Waals surface area contributed by atoms with E-state index >= 15 is 0 Å². The van der Waals surface area contributed by atoms with Crippen LogP contribution in [-0.4, -0.2) is 22.1 Å². The van der Waals surface area contributed by atoms with Gasteiger partial charge in [-0.15, -0.1) is 0 Å². The first kappa shape index (κ1) is 12.4. The lowest BCUT2D eigenvalue weighted by molar-refractivity contribution is 0.0697. The summed E-state index contributed by atoms with van der Waals surface area (Å²) >= 11 is 0. The molecule has 0 aliphatic rings. The fourth-order valence-corrected chi connectivity index (χ4v) is 1.81. The molecule has 2 aromatic rings. The highest BCUT2D eigenvalue weighted by Crippen LogP contribution is 2.26. The molecule has 1 atom stereocenters. The average Bonchev–Trinajstić information content (AvgIpc) is 2.38. The van der Waals surface area contributed by atoms with E-state index in [4.69, 9.17) is 0 Å². The van der Waals surface area contributed by atoms with Crippen molar-refractivity contribution in [3.63, 3.8) is 0 Å². The number of para-hydroxylation sites is 1. The minimum atomic E-state index is -0.959. The third-order valence-electron chi connectivity index (χ3n) is 3.01. The molecule has 18 heavy (non-hydrogen) atoms. The largest absolute Gasteiger partial charge is 0.478 e. The van der Waals surface area contributed by atoms with E-state index in [1.54, 1.807) is 0 Å². The van der Waals surface area contributed by atoms with E-state index in [9.17, 15) is 9.90 Å². The molecule has 0 spiro atoms. The van der Waals surface area contributed by atoms with Gasteiger partial charge in [-0.2, -0.15) is 0 Å². The van der Waals surface area contributed by atoms with Crippen LogP contribution in [0.5, 0.6) is 0 Å². The summed E-state index contributed by atoms with van der Waals surface area (Å²) in [4.78, 5) is 15.4. The molecule has 1 aromatic heterocycles. The molecule has 0 radical (unpaired) electrons. The number of carbonyl (C=O) groups is 1. The smallest absolute Gasteiger partial charge is 0.339 e. The van der Waals surface area contributed by atoms with Crippen molar-refractivity contribution in [2.45, 2.75) is 26.3 Å². The highest BCUT2D eigenvalue weighted by Gasteiger charge is 2.15. The molecule has 1 aromatic carbocycles. The Bertz CT molecular complexity index is 581. The molecule has 4 nitrogen and oxygen atoms in total. The van der Waals surface area contributed by atoms with Crippen LogP contribution in [0.1, 0.15) is 30.6 Å². The lowest BCUT2D eigenvalue weighted by Gasteiger charge is -2.17. The first-order valence-corrected chi connectivity index (χ1v) is 6.01. The average molecular weight is 244 g/mol. The number of nitrogens with zero attached hydrogens (tertiary/aromatic N) is 1. The lowest BCUT2D eigenvalue weighted by Crippen LogP contribution is -2.16. The predicted octanol–water partition coefficient (Wildman–Crippen LogP) is 3.14. The summed E-state index contributed by atoms with van der Waals surface area (Å²) in [6.45, 7) is 4.09. The van der Waals surface area contributed by atoms with Crippen LogP contribution in [0.4, 0.5) is 5.69 Å². The normalized spacial score (nSPS) is 12.3. The minimum absolute atomic E-state index is 0.217. The van der Waals surface area contributed by atoms with Crippen molar-refractivity contribution in [2.75, 3.05) is 5.32 Å². The fourth-order valence-electron chi connectivity index (χ4n) is 1.81. The van der Waals surface area contributed by atoms with E-state index in [0.29, 0.717) is 5.69 Å². The Kier molecular flexibility index (Phi) is 3.46. The monoisotopic (exact) mass is 244 g/mol. The zero-order valence-electron chi connectivity index (χ0n) is 10.5. The van der Waals surface area contributed by atoms with Crippen LogP contribution in [-0.2, 0) is 0 Å². The van der Waals surface area contributed by atoms with Crippen LogP contribution in [0.25, 0.3) is 10.9 Å². The van der Waals surface area contributed by atoms with Gasteiger partial charge in [-0.3, -0.25) is 4.98 Å². The molecular weight excluding hydrogens is 228 g/mol. The third kappa shape index (κ3) is 2.27. The molecule has 0 amide bonds. The van der Waals surface area contributed by atoms with E-state index in [1.807, 2.05) is 31.2 Å². The zero-order chi connectivity index (χ0) is 13.1. The first-order valence-electron chi connectivity index (χ1n) is 6.01. The summed E-state index contributed by atoms with van der Waals surface area (Å²) in [5.41, 5.74) is 1.67. The molecule has 1 heterocycles. The predicted molar refractivity (Wildman–Crippen MR) is 72.1 cm³/mol. The number of carboxylic acid groups (broad SMARTS) is 1. The van der Waals surface area contributed by atoms with Gasteiger partial charge in [0.15, 0.2) is 0 Å². The maximum absolute atomic E-state index is 11.3. The molecule has 0 fully saturated rings. The molecule has 0 aliphatic carbocycles. The van der Waals surface area contributed by atoms with Crippen LogP contribution < -0.4 is 5.32 Å². The van der Waals surface area contributed by atoms with E-state index in [1.165, 1.54) is 6.20 Å². The second kappa shape index (κ2) is 5.04. The number of rotatable bonds is 4. The van der Waals surface area contributed by atoms with Gasteiger partial charge in [-0.05, 0) is 19.4 Å². The lowest BCUT2D eigenvalue weighted by atomic mass is 10.1. The Labute approximate surface area is 106 Å². The van der Waals surface area contributed by atoms with Crippen LogP contribution in [0.3, 0.4) is 0 Å². The standard InChI is InChI=1S/C14H16N2O2/c1-3-9(2)16-13-10-6-4-5-7-12(10)15-8-11(13)14(17)18/h4-9H,3H2,1-2H3,(H,15,16)(H,17,18). The van der Waals surface area contributed by atoms with Crippen molar-refractivity contribution < 1.29 is 9.90 Å². The Morgan fingerprint density at radius 1 is 1.44 bits per heavy atom. The van der Waals surface area contributed by atoms with Gasteiger partial charge in [0.1, 0.15) is 5.56 Å². The van der Waals surface area contributed by atoms with Crippen molar-refractivity contribution >= 4 is 22.6 Å². The Morgan fingerprint density at radius 2 is 2.17 bits per heavy atom. The van der Waals surface area contributed by atoms with Crippen molar-refractivity contribution in [1.82, 2.24) is 4.98 Å². The van der Waals surface area contributed by atoms with Crippen molar-refractivity contribution in [3.8, 4) is 0 Å². The summed E-state index contributed by atoms with van der Waals surface area (Å²) in [6.07, 6.45) is 2.34. The van der Waals surface area contributed by atoms with Crippen LogP contribution in [0.2, 0.25) is 0 Å². The molecular formula is C14H16N2O2. The quantitative estimate of drug-likeness (QED) is 0.867. The molecule has 4 heteroatoms. The van der Waals surface area contributed by atoms with Gasteiger partial charge in [0, 0.05) is 17.6 Å². The number of carboxylic acids is 1. The number of anilines is 1. The molecule has 94 valence electrons. The molecule has 0 saturated carbocycles. The van der Waals surface area contributed by atoms with Crippen LogP contribution in [0.15, 0.2) is 30.5 Å². The highest BCUT2D eigenvalue weighted by atomic mass is 16.4. The van der Waals surface area contributed by atoms with E-state index < -0.39 is 5.97 Å². The Morgan fingerprint density at radius 3 is 2.83 bits per heavy atom. The highest BCUT2D eigenvalue weighted by molar-refractivity contribution is 6.04. The van der Waals surface area contributed by atoms with E-state index in [0.717, 1.165) is 17.3 Å². The van der Waals surface area contributed by atoms with Gasteiger partial charge in [0.05, 0.1) is 11.2 Å². The minimum Gasteiger partial charge on any atom is -0.478 e.